The number of rotatable bonds is 2. The number of aromatic nitrogens is 3. The van der Waals surface area contributed by atoms with Crippen molar-refractivity contribution in [3.8, 4) is 11.1 Å². The van der Waals surface area contributed by atoms with Crippen LogP contribution >= 0.6 is 0 Å². The lowest BCUT2D eigenvalue weighted by molar-refractivity contribution is 0.628. The molecule has 90 valence electrons. The van der Waals surface area contributed by atoms with Crippen LogP contribution in [-0.4, -0.2) is 14.8 Å². The highest BCUT2D eigenvalue weighted by Crippen LogP contribution is 2.32. The summed E-state index contributed by atoms with van der Waals surface area (Å²) in [7, 11) is 1.87. The molecule has 0 saturated carbocycles. The van der Waals surface area contributed by atoms with Crippen molar-refractivity contribution in [2.45, 2.75) is 26.7 Å². The molecular formula is C13H16FN3. The summed E-state index contributed by atoms with van der Waals surface area (Å²) in [5.41, 5.74) is 3.27. The molecule has 2 aromatic rings. The summed E-state index contributed by atoms with van der Waals surface area (Å²) >= 11 is 0. The van der Waals surface area contributed by atoms with Gasteiger partial charge < -0.3 is 0 Å². The number of hydrogen-bond acceptors (Lipinski definition) is 2. The third-order valence-corrected chi connectivity index (χ3v) is 2.95. The number of pyridine rings is 1. The first kappa shape index (κ1) is 11.8. The van der Waals surface area contributed by atoms with Crippen molar-refractivity contribution < 1.29 is 4.39 Å². The monoisotopic (exact) mass is 233 g/mol. The molecule has 0 atom stereocenters. The van der Waals surface area contributed by atoms with Gasteiger partial charge in [-0.2, -0.15) is 5.10 Å². The lowest BCUT2D eigenvalue weighted by Crippen LogP contribution is -1.94. The Hall–Kier alpha value is -1.71. The number of aryl methyl sites for hydroxylation is 1. The summed E-state index contributed by atoms with van der Waals surface area (Å²) in [6, 6.07) is 1.38. The van der Waals surface area contributed by atoms with E-state index >= 15 is 0 Å². The average Bonchev–Trinajstić information content (AvgIpc) is 2.57. The standard InChI is InChI=1S/C13H16FN3/c1-8(2)13-12(9(3)17(4)16-13)10-7-15-6-5-11(10)14/h5-8H,1-4H3. The second-order valence-corrected chi connectivity index (χ2v) is 4.48. The zero-order valence-electron chi connectivity index (χ0n) is 10.5. The Balaban J connectivity index is 2.70. The SMILES string of the molecule is Cc1c(-c2cnccc2F)c(C(C)C)nn1C. The van der Waals surface area contributed by atoms with Gasteiger partial charge in [0.25, 0.3) is 0 Å². The topological polar surface area (TPSA) is 30.7 Å². The first-order chi connectivity index (χ1) is 8.02. The zero-order chi connectivity index (χ0) is 12.6. The number of halogens is 1. The van der Waals surface area contributed by atoms with Crippen molar-refractivity contribution in [2.24, 2.45) is 7.05 Å². The molecule has 3 nitrogen and oxygen atoms in total. The smallest absolute Gasteiger partial charge is 0.134 e. The molecule has 0 saturated heterocycles. The first-order valence-electron chi connectivity index (χ1n) is 5.65. The minimum Gasteiger partial charge on any atom is -0.272 e. The molecule has 2 heterocycles. The Morgan fingerprint density at radius 3 is 2.65 bits per heavy atom. The molecule has 0 aromatic carbocycles. The van der Waals surface area contributed by atoms with Crippen LogP contribution in [0.1, 0.15) is 31.2 Å². The van der Waals surface area contributed by atoms with Crippen LogP contribution in [0.2, 0.25) is 0 Å². The van der Waals surface area contributed by atoms with Crippen LogP contribution in [0.5, 0.6) is 0 Å². The molecule has 0 spiro atoms. The molecule has 0 bridgehead atoms. The molecule has 0 aliphatic carbocycles. The molecule has 0 aliphatic rings. The van der Waals surface area contributed by atoms with Gasteiger partial charge in [-0.15, -0.1) is 0 Å². The summed E-state index contributed by atoms with van der Waals surface area (Å²) in [6.07, 6.45) is 3.02. The summed E-state index contributed by atoms with van der Waals surface area (Å²) in [5, 5.41) is 4.45. The van der Waals surface area contributed by atoms with Gasteiger partial charge in [-0.3, -0.25) is 9.67 Å². The first-order valence-corrected chi connectivity index (χ1v) is 5.65. The lowest BCUT2D eigenvalue weighted by Gasteiger charge is -2.07. The third-order valence-electron chi connectivity index (χ3n) is 2.95. The predicted octanol–water partition coefficient (Wildman–Crippen LogP) is 3.05. The van der Waals surface area contributed by atoms with Crippen molar-refractivity contribution in [1.82, 2.24) is 14.8 Å². The van der Waals surface area contributed by atoms with Gasteiger partial charge in [-0.05, 0) is 18.9 Å². The second kappa shape index (κ2) is 4.28. The minimum absolute atomic E-state index is 0.252. The van der Waals surface area contributed by atoms with Crippen molar-refractivity contribution in [1.29, 1.82) is 0 Å². The Morgan fingerprint density at radius 2 is 2.06 bits per heavy atom. The minimum atomic E-state index is -0.252. The molecule has 17 heavy (non-hydrogen) atoms. The van der Waals surface area contributed by atoms with E-state index in [1.165, 1.54) is 12.3 Å². The van der Waals surface area contributed by atoms with Gasteiger partial charge in [0, 0.05) is 36.3 Å². The average molecular weight is 233 g/mol. The quantitative estimate of drug-likeness (QED) is 0.798. The maximum Gasteiger partial charge on any atom is 0.134 e. The molecule has 4 heteroatoms. The number of nitrogens with zero attached hydrogens (tertiary/aromatic N) is 3. The Kier molecular flexibility index (Phi) is 2.96. The molecule has 2 aromatic heterocycles. The lowest BCUT2D eigenvalue weighted by atomic mass is 9.98. The Morgan fingerprint density at radius 1 is 1.35 bits per heavy atom. The maximum absolute atomic E-state index is 13.8. The van der Waals surface area contributed by atoms with Crippen molar-refractivity contribution >= 4 is 0 Å². The summed E-state index contributed by atoms with van der Waals surface area (Å²) in [5.74, 6) is 0.00232. The highest BCUT2D eigenvalue weighted by Gasteiger charge is 2.19. The zero-order valence-corrected chi connectivity index (χ0v) is 10.5. The fraction of sp³-hybridized carbons (Fsp3) is 0.385. The van der Waals surface area contributed by atoms with E-state index in [2.05, 4.69) is 23.9 Å². The van der Waals surface area contributed by atoms with Gasteiger partial charge in [0.05, 0.1) is 5.69 Å². The Bertz CT molecular complexity index is 544. The van der Waals surface area contributed by atoms with E-state index in [1.807, 2.05) is 14.0 Å². The highest BCUT2D eigenvalue weighted by atomic mass is 19.1. The fourth-order valence-electron chi connectivity index (χ4n) is 1.93. The van der Waals surface area contributed by atoms with Crippen LogP contribution in [0.25, 0.3) is 11.1 Å². The van der Waals surface area contributed by atoms with Gasteiger partial charge in [0.15, 0.2) is 0 Å². The van der Waals surface area contributed by atoms with E-state index in [0.29, 0.717) is 5.56 Å². The van der Waals surface area contributed by atoms with Crippen LogP contribution in [-0.2, 0) is 7.05 Å². The van der Waals surface area contributed by atoms with E-state index in [9.17, 15) is 4.39 Å². The molecule has 0 unspecified atom stereocenters. The molecule has 0 aliphatic heterocycles. The molecule has 0 fully saturated rings. The van der Waals surface area contributed by atoms with Gasteiger partial charge in [-0.1, -0.05) is 13.8 Å². The number of hydrogen-bond donors (Lipinski definition) is 0. The van der Waals surface area contributed by atoms with Crippen LogP contribution in [0, 0.1) is 12.7 Å². The van der Waals surface area contributed by atoms with E-state index in [0.717, 1.165) is 17.0 Å². The summed E-state index contributed by atoms with van der Waals surface area (Å²) in [4.78, 5) is 4.00. The normalized spacial score (nSPS) is 11.2. The molecule has 0 amide bonds. The summed E-state index contributed by atoms with van der Waals surface area (Å²) in [6.45, 7) is 6.06. The van der Waals surface area contributed by atoms with E-state index in [4.69, 9.17) is 0 Å². The van der Waals surface area contributed by atoms with E-state index in [1.54, 1.807) is 10.9 Å². The van der Waals surface area contributed by atoms with Crippen molar-refractivity contribution in [3.63, 3.8) is 0 Å². The predicted molar refractivity (Wildman–Crippen MR) is 65.2 cm³/mol. The second-order valence-electron chi connectivity index (χ2n) is 4.48. The molecule has 0 radical (unpaired) electrons. The molecule has 2 rings (SSSR count). The largest absolute Gasteiger partial charge is 0.272 e. The van der Waals surface area contributed by atoms with Crippen molar-refractivity contribution in [3.05, 3.63) is 35.7 Å². The fourth-order valence-corrected chi connectivity index (χ4v) is 1.93. The van der Waals surface area contributed by atoms with Crippen LogP contribution < -0.4 is 0 Å². The van der Waals surface area contributed by atoms with E-state index in [-0.39, 0.29) is 11.7 Å². The maximum atomic E-state index is 13.8. The van der Waals surface area contributed by atoms with Gasteiger partial charge >= 0.3 is 0 Å². The van der Waals surface area contributed by atoms with Crippen LogP contribution in [0.15, 0.2) is 18.5 Å². The van der Waals surface area contributed by atoms with Gasteiger partial charge in [0.1, 0.15) is 5.82 Å². The van der Waals surface area contributed by atoms with Crippen LogP contribution in [0.3, 0.4) is 0 Å². The third kappa shape index (κ3) is 1.95. The highest BCUT2D eigenvalue weighted by molar-refractivity contribution is 5.69. The van der Waals surface area contributed by atoms with Crippen molar-refractivity contribution in [2.75, 3.05) is 0 Å². The van der Waals surface area contributed by atoms with Gasteiger partial charge in [-0.25, -0.2) is 4.39 Å². The Labute approximate surface area is 100 Å². The van der Waals surface area contributed by atoms with E-state index < -0.39 is 0 Å². The summed E-state index contributed by atoms with van der Waals surface area (Å²) < 4.78 is 15.6. The molecular weight excluding hydrogens is 217 g/mol. The van der Waals surface area contributed by atoms with Gasteiger partial charge in [0.2, 0.25) is 0 Å². The van der Waals surface area contributed by atoms with Crippen LogP contribution in [0.4, 0.5) is 4.39 Å². The molecule has 0 N–H and O–H groups in total.